The molecule has 5 rings (SSSR count). The Labute approximate surface area is 166 Å². The van der Waals surface area contributed by atoms with Crippen LogP contribution in [0.3, 0.4) is 0 Å². The normalized spacial score (nSPS) is 28.7. The number of benzene rings is 2. The minimum atomic E-state index is -0.359. The van der Waals surface area contributed by atoms with Gasteiger partial charge in [0.2, 0.25) is 6.79 Å². The third-order valence-electron chi connectivity index (χ3n) is 6.71. The third-order valence-corrected chi connectivity index (χ3v) is 6.71. The fourth-order valence-electron chi connectivity index (χ4n) is 4.96. The van der Waals surface area contributed by atoms with Crippen LogP contribution >= 0.6 is 0 Å². The molecule has 28 heavy (non-hydrogen) atoms. The first-order valence-corrected chi connectivity index (χ1v) is 10.1. The summed E-state index contributed by atoms with van der Waals surface area (Å²) in [7, 11) is 1.70. The van der Waals surface area contributed by atoms with Crippen LogP contribution in [-0.2, 0) is 0 Å². The molecule has 3 aliphatic rings. The molecule has 5 heteroatoms. The van der Waals surface area contributed by atoms with Crippen LogP contribution in [0, 0.1) is 5.92 Å². The third kappa shape index (κ3) is 2.64. The van der Waals surface area contributed by atoms with Crippen molar-refractivity contribution in [3.8, 4) is 23.0 Å². The number of ether oxygens (including phenoxy) is 4. The lowest BCUT2D eigenvalue weighted by molar-refractivity contribution is -0.114. The number of hydrogen-bond donors (Lipinski definition) is 0. The highest BCUT2D eigenvalue weighted by molar-refractivity contribution is 5.56. The molecule has 0 amide bonds. The monoisotopic (exact) mass is 381 g/mol. The van der Waals surface area contributed by atoms with Crippen LogP contribution in [0.1, 0.15) is 43.7 Å². The van der Waals surface area contributed by atoms with Gasteiger partial charge >= 0.3 is 0 Å². The number of fused-ring (bicyclic) bond motifs is 2. The van der Waals surface area contributed by atoms with E-state index < -0.39 is 0 Å². The summed E-state index contributed by atoms with van der Waals surface area (Å²) in [5.41, 5.74) is 2.07. The molecule has 2 aromatic rings. The minimum Gasteiger partial charge on any atom is -0.497 e. The predicted molar refractivity (Wildman–Crippen MR) is 106 cm³/mol. The second-order valence-electron chi connectivity index (χ2n) is 8.13. The van der Waals surface area contributed by atoms with E-state index in [1.807, 2.05) is 18.2 Å². The van der Waals surface area contributed by atoms with Gasteiger partial charge in [-0.3, -0.25) is 4.90 Å². The highest BCUT2D eigenvalue weighted by Crippen LogP contribution is 2.53. The van der Waals surface area contributed by atoms with Crippen LogP contribution in [0.4, 0.5) is 0 Å². The van der Waals surface area contributed by atoms with Gasteiger partial charge in [-0.05, 0) is 43.5 Å². The van der Waals surface area contributed by atoms with E-state index in [2.05, 4.69) is 36.9 Å². The van der Waals surface area contributed by atoms with Crippen molar-refractivity contribution in [2.75, 3.05) is 27.0 Å². The number of hydrogen-bond acceptors (Lipinski definition) is 5. The van der Waals surface area contributed by atoms with Crippen LogP contribution in [0.5, 0.6) is 23.0 Å². The highest BCUT2D eigenvalue weighted by Gasteiger charge is 2.49. The smallest absolute Gasteiger partial charge is 0.231 e. The standard InChI is InChI=1S/C23H27NO4/c1-15-22(16-6-8-17(25-3)9-7-16)18-12-20-21(27-14-26-20)13-19(18)28-23(15,2)24-10-4-5-11-24/h6-9,12-13,15,22H,4-5,10-11,14H2,1-3H3/t15-,22-,23+/m1/s1. The molecule has 0 saturated carbocycles. The highest BCUT2D eigenvalue weighted by atomic mass is 16.7. The maximum atomic E-state index is 6.70. The van der Waals surface area contributed by atoms with Gasteiger partial charge in [-0.1, -0.05) is 19.1 Å². The number of nitrogens with zero attached hydrogens (tertiary/aromatic N) is 1. The lowest BCUT2D eigenvalue weighted by atomic mass is 9.74. The first kappa shape index (κ1) is 17.7. The molecular weight excluding hydrogens is 354 g/mol. The van der Waals surface area contributed by atoms with Crippen LogP contribution < -0.4 is 18.9 Å². The van der Waals surface area contributed by atoms with Gasteiger partial charge in [0.25, 0.3) is 0 Å². The Morgan fingerprint density at radius 2 is 1.68 bits per heavy atom. The molecule has 1 fully saturated rings. The lowest BCUT2D eigenvalue weighted by Gasteiger charge is -2.50. The first-order valence-electron chi connectivity index (χ1n) is 10.1. The zero-order valence-electron chi connectivity index (χ0n) is 16.7. The first-order chi connectivity index (χ1) is 13.6. The summed E-state index contributed by atoms with van der Waals surface area (Å²) >= 11 is 0. The molecule has 0 spiro atoms. The van der Waals surface area contributed by atoms with Crippen molar-refractivity contribution >= 4 is 0 Å². The van der Waals surface area contributed by atoms with E-state index in [4.69, 9.17) is 18.9 Å². The van der Waals surface area contributed by atoms with Crippen LogP contribution in [0.15, 0.2) is 36.4 Å². The van der Waals surface area contributed by atoms with E-state index in [1.54, 1.807) is 7.11 Å². The van der Waals surface area contributed by atoms with Gasteiger partial charge in [0.05, 0.1) is 7.11 Å². The average molecular weight is 381 g/mol. The Morgan fingerprint density at radius 1 is 1.00 bits per heavy atom. The molecule has 0 aromatic heterocycles. The van der Waals surface area contributed by atoms with E-state index in [1.165, 1.54) is 24.0 Å². The van der Waals surface area contributed by atoms with E-state index in [0.717, 1.165) is 36.1 Å². The number of rotatable bonds is 3. The summed E-state index contributed by atoms with van der Waals surface area (Å²) in [6.07, 6.45) is 2.46. The zero-order valence-corrected chi connectivity index (χ0v) is 16.7. The number of likely N-dealkylation sites (tertiary alicyclic amines) is 1. The molecule has 0 N–H and O–H groups in total. The Balaban J connectivity index is 1.64. The molecule has 3 aliphatic heterocycles. The van der Waals surface area contributed by atoms with Gasteiger partial charge in [-0.2, -0.15) is 0 Å². The molecule has 0 aliphatic carbocycles. The maximum Gasteiger partial charge on any atom is 0.231 e. The molecule has 3 atom stereocenters. The summed E-state index contributed by atoms with van der Waals surface area (Å²) in [6.45, 7) is 6.98. The van der Waals surface area contributed by atoms with Gasteiger partial charge in [-0.25, -0.2) is 0 Å². The fraction of sp³-hybridized carbons (Fsp3) is 0.478. The summed E-state index contributed by atoms with van der Waals surface area (Å²) in [4.78, 5) is 2.50. The van der Waals surface area contributed by atoms with Crippen molar-refractivity contribution < 1.29 is 18.9 Å². The molecule has 2 aromatic carbocycles. The second kappa shape index (κ2) is 6.59. The lowest BCUT2D eigenvalue weighted by Crippen LogP contribution is -2.57. The Morgan fingerprint density at radius 3 is 2.36 bits per heavy atom. The van der Waals surface area contributed by atoms with Gasteiger partial charge in [0.15, 0.2) is 17.2 Å². The molecule has 0 bridgehead atoms. The van der Waals surface area contributed by atoms with Gasteiger partial charge in [0, 0.05) is 36.6 Å². The summed E-state index contributed by atoms with van der Waals surface area (Å²) in [5.74, 6) is 3.82. The molecular formula is C23H27NO4. The summed E-state index contributed by atoms with van der Waals surface area (Å²) < 4.78 is 23.4. The molecule has 0 radical (unpaired) electrons. The van der Waals surface area contributed by atoms with E-state index >= 15 is 0 Å². The quantitative estimate of drug-likeness (QED) is 0.788. The van der Waals surface area contributed by atoms with Gasteiger partial charge < -0.3 is 18.9 Å². The molecule has 3 heterocycles. The van der Waals surface area contributed by atoms with Gasteiger partial charge in [0.1, 0.15) is 11.5 Å². The van der Waals surface area contributed by atoms with Crippen LogP contribution in [-0.4, -0.2) is 37.6 Å². The SMILES string of the molecule is COc1ccc([C@@H]2c3cc4c(cc3O[C@](C)(N3CCCC3)[C@@H]2C)OCO4)cc1. The molecule has 148 valence electrons. The summed E-state index contributed by atoms with van der Waals surface area (Å²) in [6, 6.07) is 12.5. The maximum absolute atomic E-state index is 6.70. The Kier molecular flexibility index (Phi) is 4.16. The van der Waals surface area contributed by atoms with Crippen molar-refractivity contribution in [3.63, 3.8) is 0 Å². The van der Waals surface area contributed by atoms with E-state index in [0.29, 0.717) is 0 Å². The second-order valence-corrected chi connectivity index (χ2v) is 8.13. The van der Waals surface area contributed by atoms with Crippen molar-refractivity contribution in [1.29, 1.82) is 0 Å². The average Bonchev–Trinajstić information content (AvgIpc) is 3.40. The van der Waals surface area contributed by atoms with Crippen LogP contribution in [0.25, 0.3) is 0 Å². The largest absolute Gasteiger partial charge is 0.497 e. The van der Waals surface area contributed by atoms with Gasteiger partial charge in [-0.15, -0.1) is 0 Å². The van der Waals surface area contributed by atoms with Crippen molar-refractivity contribution in [2.24, 2.45) is 5.92 Å². The molecule has 5 nitrogen and oxygen atoms in total. The summed E-state index contributed by atoms with van der Waals surface area (Å²) in [5, 5.41) is 0. The number of methoxy groups -OCH3 is 1. The van der Waals surface area contributed by atoms with E-state index in [-0.39, 0.29) is 24.4 Å². The predicted octanol–water partition coefficient (Wildman–Crippen LogP) is 4.40. The van der Waals surface area contributed by atoms with Crippen LogP contribution in [0.2, 0.25) is 0 Å². The zero-order chi connectivity index (χ0) is 19.3. The van der Waals surface area contributed by atoms with Crippen molar-refractivity contribution in [2.45, 2.75) is 38.3 Å². The van der Waals surface area contributed by atoms with E-state index in [9.17, 15) is 0 Å². The minimum absolute atomic E-state index is 0.203. The van der Waals surface area contributed by atoms with Crippen molar-refractivity contribution in [3.05, 3.63) is 47.5 Å². The fourth-order valence-corrected chi connectivity index (χ4v) is 4.96. The molecule has 0 unspecified atom stereocenters. The van der Waals surface area contributed by atoms with Crippen molar-refractivity contribution in [1.82, 2.24) is 4.90 Å². The Hall–Kier alpha value is -2.40. The molecule has 1 saturated heterocycles. The Bertz CT molecular complexity index is 875. The topological polar surface area (TPSA) is 40.2 Å².